The number of aliphatic hydroxyl groups excluding tert-OH is 1. The second kappa shape index (κ2) is 6.42. The average Bonchev–Trinajstić information content (AvgIpc) is 2.94. The van der Waals surface area contributed by atoms with Crippen LogP contribution in [0.1, 0.15) is 42.0 Å². The standard InChI is InChI=1S/C19H22N2O2/c1-4-17(22)18-16(12-14-8-5-9-15(11-14)23-3)20-19-13(2)7-6-10-21(18)19/h5-11,17,22H,4,12H2,1-3H3. The van der Waals surface area contributed by atoms with Crippen molar-refractivity contribution in [2.24, 2.45) is 0 Å². The maximum atomic E-state index is 10.5. The molecule has 0 aliphatic carbocycles. The number of rotatable bonds is 5. The zero-order valence-corrected chi connectivity index (χ0v) is 13.8. The lowest BCUT2D eigenvalue weighted by atomic mass is 10.0. The number of aliphatic hydroxyl groups is 1. The molecule has 120 valence electrons. The van der Waals surface area contributed by atoms with Gasteiger partial charge in [0.1, 0.15) is 11.4 Å². The van der Waals surface area contributed by atoms with E-state index in [-0.39, 0.29) is 0 Å². The molecule has 0 saturated carbocycles. The summed E-state index contributed by atoms with van der Waals surface area (Å²) >= 11 is 0. The smallest absolute Gasteiger partial charge is 0.140 e. The Hall–Kier alpha value is -2.33. The van der Waals surface area contributed by atoms with Gasteiger partial charge in [-0.25, -0.2) is 4.98 Å². The van der Waals surface area contributed by atoms with Crippen molar-refractivity contribution in [3.63, 3.8) is 0 Å². The van der Waals surface area contributed by atoms with Crippen LogP contribution in [0.15, 0.2) is 42.6 Å². The molecule has 1 atom stereocenters. The maximum Gasteiger partial charge on any atom is 0.140 e. The largest absolute Gasteiger partial charge is 0.497 e. The van der Waals surface area contributed by atoms with Gasteiger partial charge in [0.2, 0.25) is 0 Å². The summed E-state index contributed by atoms with van der Waals surface area (Å²) in [5.41, 5.74) is 4.94. The summed E-state index contributed by atoms with van der Waals surface area (Å²) in [7, 11) is 1.67. The van der Waals surface area contributed by atoms with Gasteiger partial charge in [0.05, 0.1) is 24.6 Å². The molecule has 0 fully saturated rings. The van der Waals surface area contributed by atoms with Gasteiger partial charge in [-0.1, -0.05) is 25.1 Å². The Morgan fingerprint density at radius 2 is 2.09 bits per heavy atom. The van der Waals surface area contributed by atoms with E-state index in [0.29, 0.717) is 12.8 Å². The van der Waals surface area contributed by atoms with Crippen LogP contribution >= 0.6 is 0 Å². The van der Waals surface area contributed by atoms with Crippen molar-refractivity contribution in [2.45, 2.75) is 32.8 Å². The molecule has 1 unspecified atom stereocenters. The SMILES string of the molecule is CCC(O)c1c(Cc2cccc(OC)c2)nc2c(C)cccn12. The van der Waals surface area contributed by atoms with E-state index >= 15 is 0 Å². The van der Waals surface area contributed by atoms with Crippen LogP contribution in [0.5, 0.6) is 5.75 Å². The Balaban J connectivity index is 2.10. The quantitative estimate of drug-likeness (QED) is 0.782. The molecule has 23 heavy (non-hydrogen) atoms. The normalized spacial score (nSPS) is 12.5. The number of imidazole rings is 1. The second-order valence-electron chi connectivity index (χ2n) is 5.78. The van der Waals surface area contributed by atoms with Gasteiger partial charge >= 0.3 is 0 Å². The Labute approximate surface area is 136 Å². The van der Waals surface area contributed by atoms with Crippen LogP contribution in [0.4, 0.5) is 0 Å². The van der Waals surface area contributed by atoms with Crippen molar-refractivity contribution < 1.29 is 9.84 Å². The molecule has 0 amide bonds. The van der Waals surface area contributed by atoms with Crippen LogP contribution in [0.2, 0.25) is 0 Å². The van der Waals surface area contributed by atoms with E-state index in [2.05, 4.69) is 6.07 Å². The third-order valence-electron chi connectivity index (χ3n) is 4.17. The lowest BCUT2D eigenvalue weighted by Gasteiger charge is -2.11. The van der Waals surface area contributed by atoms with E-state index in [0.717, 1.165) is 33.9 Å². The Kier molecular flexibility index (Phi) is 4.35. The van der Waals surface area contributed by atoms with Crippen LogP contribution in [0, 0.1) is 6.92 Å². The molecule has 0 bridgehead atoms. The Bertz CT molecular complexity index is 823. The minimum absolute atomic E-state index is 0.521. The van der Waals surface area contributed by atoms with Crippen LogP contribution < -0.4 is 4.74 Å². The molecule has 4 nitrogen and oxygen atoms in total. The number of hydrogen-bond donors (Lipinski definition) is 1. The molecule has 1 aromatic carbocycles. The number of nitrogens with zero attached hydrogens (tertiary/aromatic N) is 2. The van der Waals surface area contributed by atoms with Gasteiger partial charge in [-0.2, -0.15) is 0 Å². The monoisotopic (exact) mass is 310 g/mol. The number of benzene rings is 1. The van der Waals surface area contributed by atoms with E-state index in [1.165, 1.54) is 0 Å². The van der Waals surface area contributed by atoms with Crippen molar-refractivity contribution in [3.05, 3.63) is 65.1 Å². The van der Waals surface area contributed by atoms with Crippen LogP contribution in [-0.2, 0) is 6.42 Å². The third kappa shape index (κ3) is 2.94. The first kappa shape index (κ1) is 15.6. The number of aromatic nitrogens is 2. The van der Waals surface area contributed by atoms with Crippen LogP contribution in [0.25, 0.3) is 5.65 Å². The van der Waals surface area contributed by atoms with Crippen LogP contribution in [0.3, 0.4) is 0 Å². The maximum absolute atomic E-state index is 10.5. The van der Waals surface area contributed by atoms with Gasteiger partial charge in [-0.15, -0.1) is 0 Å². The highest BCUT2D eigenvalue weighted by Gasteiger charge is 2.19. The number of ether oxygens (including phenoxy) is 1. The fourth-order valence-corrected chi connectivity index (χ4v) is 2.92. The van der Waals surface area contributed by atoms with Crippen molar-refractivity contribution in [1.82, 2.24) is 9.38 Å². The van der Waals surface area contributed by atoms with E-state index in [9.17, 15) is 5.11 Å². The highest BCUT2D eigenvalue weighted by Crippen LogP contribution is 2.26. The molecule has 0 saturated heterocycles. The zero-order valence-electron chi connectivity index (χ0n) is 13.8. The highest BCUT2D eigenvalue weighted by atomic mass is 16.5. The molecule has 0 aliphatic rings. The van der Waals surface area contributed by atoms with Gasteiger partial charge in [-0.3, -0.25) is 0 Å². The number of fused-ring (bicyclic) bond motifs is 1. The number of methoxy groups -OCH3 is 1. The third-order valence-corrected chi connectivity index (χ3v) is 4.17. The topological polar surface area (TPSA) is 46.8 Å². The van der Waals surface area contributed by atoms with E-state index in [1.807, 2.05) is 54.8 Å². The number of aryl methyl sites for hydroxylation is 1. The van der Waals surface area contributed by atoms with Gasteiger partial charge in [0, 0.05) is 12.6 Å². The summed E-state index contributed by atoms with van der Waals surface area (Å²) in [5, 5.41) is 10.5. The van der Waals surface area contributed by atoms with Crippen molar-refractivity contribution in [1.29, 1.82) is 0 Å². The Morgan fingerprint density at radius 3 is 2.83 bits per heavy atom. The van der Waals surface area contributed by atoms with Crippen molar-refractivity contribution in [2.75, 3.05) is 7.11 Å². The first-order chi connectivity index (χ1) is 11.1. The predicted octanol–water partition coefficient (Wildman–Crippen LogP) is 3.69. The molecular weight excluding hydrogens is 288 g/mol. The van der Waals surface area contributed by atoms with E-state index in [4.69, 9.17) is 9.72 Å². The molecule has 3 rings (SSSR count). The molecule has 0 aliphatic heterocycles. The van der Waals surface area contributed by atoms with Gasteiger partial charge in [-0.05, 0) is 42.7 Å². The molecule has 0 radical (unpaired) electrons. The van der Waals surface area contributed by atoms with Crippen molar-refractivity contribution in [3.8, 4) is 5.75 Å². The fourth-order valence-electron chi connectivity index (χ4n) is 2.92. The first-order valence-electron chi connectivity index (χ1n) is 7.91. The highest BCUT2D eigenvalue weighted by molar-refractivity contribution is 5.51. The summed E-state index contributed by atoms with van der Waals surface area (Å²) in [4.78, 5) is 4.79. The van der Waals surface area contributed by atoms with Gasteiger partial charge < -0.3 is 14.2 Å². The lowest BCUT2D eigenvalue weighted by molar-refractivity contribution is 0.167. The summed E-state index contributed by atoms with van der Waals surface area (Å²) in [6.07, 6.45) is 2.78. The predicted molar refractivity (Wildman–Crippen MR) is 91.0 cm³/mol. The van der Waals surface area contributed by atoms with Crippen molar-refractivity contribution >= 4 is 5.65 Å². The summed E-state index contributed by atoms with van der Waals surface area (Å²) < 4.78 is 7.31. The molecule has 4 heteroatoms. The summed E-state index contributed by atoms with van der Waals surface area (Å²) in [5.74, 6) is 0.833. The average molecular weight is 310 g/mol. The van der Waals surface area contributed by atoms with E-state index in [1.54, 1.807) is 7.11 Å². The van der Waals surface area contributed by atoms with Gasteiger partial charge in [0.15, 0.2) is 0 Å². The molecule has 3 aromatic rings. The number of hydrogen-bond acceptors (Lipinski definition) is 3. The molecule has 2 aromatic heterocycles. The molecule has 1 N–H and O–H groups in total. The minimum Gasteiger partial charge on any atom is -0.497 e. The van der Waals surface area contributed by atoms with Crippen LogP contribution in [-0.4, -0.2) is 21.6 Å². The van der Waals surface area contributed by atoms with Gasteiger partial charge in [0.25, 0.3) is 0 Å². The second-order valence-corrected chi connectivity index (χ2v) is 5.78. The number of pyridine rings is 1. The lowest BCUT2D eigenvalue weighted by Crippen LogP contribution is -2.04. The molecular formula is C19H22N2O2. The minimum atomic E-state index is -0.521. The first-order valence-corrected chi connectivity index (χ1v) is 7.91. The molecule has 2 heterocycles. The van der Waals surface area contributed by atoms with E-state index < -0.39 is 6.10 Å². The Morgan fingerprint density at radius 1 is 1.26 bits per heavy atom. The zero-order chi connectivity index (χ0) is 16.4. The summed E-state index contributed by atoms with van der Waals surface area (Å²) in [6.45, 7) is 4.02. The summed E-state index contributed by atoms with van der Waals surface area (Å²) in [6, 6.07) is 12.0. The fraction of sp³-hybridized carbons (Fsp3) is 0.316. The molecule has 0 spiro atoms.